The van der Waals surface area contributed by atoms with Gasteiger partial charge in [0.1, 0.15) is 17.1 Å². The van der Waals surface area contributed by atoms with Gasteiger partial charge in [0.2, 0.25) is 0 Å². The van der Waals surface area contributed by atoms with Crippen LogP contribution in [-0.4, -0.2) is 56.6 Å². The molecular weight excluding hydrogens is 423 g/mol. The van der Waals surface area contributed by atoms with E-state index in [-0.39, 0.29) is 5.82 Å². The van der Waals surface area contributed by atoms with Gasteiger partial charge in [-0.3, -0.25) is 0 Å². The highest BCUT2D eigenvalue weighted by Gasteiger charge is 2.25. The van der Waals surface area contributed by atoms with Crippen molar-refractivity contribution in [3.63, 3.8) is 0 Å². The quantitative estimate of drug-likeness (QED) is 0.370. The van der Waals surface area contributed by atoms with Crippen LogP contribution in [0.5, 0.6) is 11.5 Å². The van der Waals surface area contributed by atoms with E-state index in [0.29, 0.717) is 24.6 Å². The average molecular weight is 457 g/mol. The smallest absolute Gasteiger partial charge is 0.161 e. The summed E-state index contributed by atoms with van der Waals surface area (Å²) in [6, 6.07) is 10.8. The van der Waals surface area contributed by atoms with Gasteiger partial charge >= 0.3 is 0 Å². The lowest BCUT2D eigenvalue weighted by atomic mass is 9.92. The molecule has 7 heteroatoms. The molecule has 0 spiro atoms. The average Bonchev–Trinajstić information content (AvgIpc) is 3.26. The van der Waals surface area contributed by atoms with Crippen molar-refractivity contribution in [1.82, 2.24) is 10.1 Å². The first kappa shape index (κ1) is 23.5. The first-order valence-electron chi connectivity index (χ1n) is 11.8. The van der Waals surface area contributed by atoms with Crippen LogP contribution in [0.4, 0.5) is 4.39 Å². The number of halogens is 1. The predicted octanol–water partition coefficient (Wildman–Crippen LogP) is 5.20. The molecule has 1 fully saturated rings. The highest BCUT2D eigenvalue weighted by molar-refractivity contribution is 5.80. The Labute approximate surface area is 194 Å². The molecule has 0 radical (unpaired) electrons. The maximum absolute atomic E-state index is 13.4. The minimum Gasteiger partial charge on any atom is -0.493 e. The monoisotopic (exact) mass is 456 g/mol. The summed E-state index contributed by atoms with van der Waals surface area (Å²) in [6.07, 6.45) is 3.84. The minimum atomic E-state index is -0.283. The van der Waals surface area contributed by atoms with Gasteiger partial charge in [0, 0.05) is 30.5 Å². The Hall–Kier alpha value is -2.64. The summed E-state index contributed by atoms with van der Waals surface area (Å²) in [4.78, 5) is 2.46. The molecular formula is C26H33FN2O4. The van der Waals surface area contributed by atoms with Crippen molar-refractivity contribution >= 4 is 10.9 Å². The molecule has 178 valence electrons. The number of likely N-dealkylation sites (tertiary alicyclic amines) is 1. The lowest BCUT2D eigenvalue weighted by molar-refractivity contribution is 0.151. The summed E-state index contributed by atoms with van der Waals surface area (Å²) in [6.45, 7) is 7.09. The number of rotatable bonds is 11. The highest BCUT2D eigenvalue weighted by atomic mass is 19.1. The van der Waals surface area contributed by atoms with Crippen LogP contribution in [0.15, 0.2) is 40.9 Å². The third kappa shape index (κ3) is 6.03. The first-order chi connectivity index (χ1) is 16.2. The second-order valence-corrected chi connectivity index (χ2v) is 8.46. The second kappa shape index (κ2) is 11.5. The van der Waals surface area contributed by atoms with Gasteiger partial charge in [-0.25, -0.2) is 4.39 Å². The minimum absolute atomic E-state index is 0.283. The van der Waals surface area contributed by atoms with E-state index < -0.39 is 0 Å². The van der Waals surface area contributed by atoms with E-state index >= 15 is 0 Å². The number of fused-ring (bicyclic) bond motifs is 1. The van der Waals surface area contributed by atoms with Crippen molar-refractivity contribution in [3.8, 4) is 11.5 Å². The number of hydrogen-bond acceptors (Lipinski definition) is 6. The fourth-order valence-electron chi connectivity index (χ4n) is 4.44. The molecule has 4 rings (SSSR count). The van der Waals surface area contributed by atoms with Gasteiger partial charge in [-0.2, -0.15) is 0 Å². The van der Waals surface area contributed by atoms with Gasteiger partial charge in [0.15, 0.2) is 11.5 Å². The molecule has 2 aromatic carbocycles. The van der Waals surface area contributed by atoms with Crippen molar-refractivity contribution < 1.29 is 23.1 Å². The van der Waals surface area contributed by atoms with Crippen molar-refractivity contribution in [3.05, 3.63) is 53.5 Å². The third-order valence-corrected chi connectivity index (χ3v) is 6.27. The summed E-state index contributed by atoms with van der Waals surface area (Å²) < 4.78 is 35.9. The van der Waals surface area contributed by atoms with Gasteiger partial charge in [-0.05, 0) is 75.5 Å². The van der Waals surface area contributed by atoms with E-state index in [1.165, 1.54) is 17.7 Å². The van der Waals surface area contributed by atoms with Crippen LogP contribution in [0.25, 0.3) is 10.9 Å². The number of hydrogen-bond donors (Lipinski definition) is 0. The van der Waals surface area contributed by atoms with E-state index in [1.54, 1.807) is 13.2 Å². The van der Waals surface area contributed by atoms with Crippen LogP contribution >= 0.6 is 0 Å². The molecule has 33 heavy (non-hydrogen) atoms. The summed E-state index contributed by atoms with van der Waals surface area (Å²) >= 11 is 0. The second-order valence-electron chi connectivity index (χ2n) is 8.46. The summed E-state index contributed by atoms with van der Waals surface area (Å²) in [5, 5.41) is 4.97. The van der Waals surface area contributed by atoms with Crippen molar-refractivity contribution in [2.45, 2.75) is 38.5 Å². The maximum Gasteiger partial charge on any atom is 0.161 e. The maximum atomic E-state index is 13.4. The first-order valence-corrected chi connectivity index (χ1v) is 11.8. The van der Waals surface area contributed by atoms with Crippen LogP contribution in [0.3, 0.4) is 0 Å². The van der Waals surface area contributed by atoms with Gasteiger partial charge in [0.05, 0.1) is 20.3 Å². The Morgan fingerprint density at radius 2 is 1.94 bits per heavy atom. The van der Waals surface area contributed by atoms with Crippen LogP contribution in [0, 0.1) is 5.82 Å². The van der Waals surface area contributed by atoms with Crippen molar-refractivity contribution in [2.75, 3.05) is 46.6 Å². The van der Waals surface area contributed by atoms with Crippen LogP contribution in [0.1, 0.15) is 43.4 Å². The zero-order valence-electron chi connectivity index (χ0n) is 19.5. The number of nitrogens with zero attached hydrogens (tertiary/aromatic N) is 2. The fourth-order valence-corrected chi connectivity index (χ4v) is 4.44. The number of methoxy groups -OCH3 is 1. The molecule has 1 saturated heterocycles. The largest absolute Gasteiger partial charge is 0.493 e. The molecule has 0 bridgehead atoms. The Balaban J connectivity index is 1.20. The van der Waals surface area contributed by atoms with E-state index in [0.717, 1.165) is 74.6 Å². The molecule has 1 aliphatic heterocycles. The van der Waals surface area contributed by atoms with Crippen LogP contribution in [0.2, 0.25) is 0 Å². The molecule has 0 atom stereocenters. The van der Waals surface area contributed by atoms with Crippen LogP contribution in [-0.2, 0) is 11.2 Å². The Morgan fingerprint density at radius 3 is 2.73 bits per heavy atom. The standard InChI is InChI=1S/C26H33FN2O4/c1-3-31-16-11-19-5-8-24(25(17-19)30-2)32-15-4-12-29-13-9-20(10-14-29)26-22-7-6-21(27)18-23(22)28-33-26/h5-8,17-18,20H,3-4,9-16H2,1-2H3. The molecule has 0 saturated carbocycles. The molecule has 1 aromatic heterocycles. The van der Waals surface area contributed by atoms with E-state index in [4.69, 9.17) is 18.7 Å². The number of ether oxygens (including phenoxy) is 3. The Morgan fingerprint density at radius 1 is 1.09 bits per heavy atom. The number of benzene rings is 2. The van der Waals surface area contributed by atoms with Crippen molar-refractivity contribution in [2.24, 2.45) is 0 Å². The predicted molar refractivity (Wildman–Crippen MR) is 126 cm³/mol. The van der Waals surface area contributed by atoms with E-state index in [9.17, 15) is 4.39 Å². The third-order valence-electron chi connectivity index (χ3n) is 6.27. The van der Waals surface area contributed by atoms with Crippen LogP contribution < -0.4 is 9.47 Å². The molecule has 3 aromatic rings. The summed E-state index contributed by atoms with van der Waals surface area (Å²) in [7, 11) is 1.67. The van der Waals surface area contributed by atoms with Gasteiger partial charge in [-0.15, -0.1) is 0 Å². The molecule has 2 heterocycles. The number of piperidine rings is 1. The molecule has 0 unspecified atom stereocenters. The number of aromatic nitrogens is 1. The zero-order chi connectivity index (χ0) is 23.0. The topological polar surface area (TPSA) is 57.0 Å². The van der Waals surface area contributed by atoms with Crippen molar-refractivity contribution in [1.29, 1.82) is 0 Å². The molecule has 0 amide bonds. The summed E-state index contributed by atoms with van der Waals surface area (Å²) in [5.74, 6) is 2.49. The Bertz CT molecular complexity index is 1030. The lowest BCUT2D eigenvalue weighted by Crippen LogP contribution is -2.34. The zero-order valence-corrected chi connectivity index (χ0v) is 19.5. The van der Waals surface area contributed by atoms with Gasteiger partial charge in [-0.1, -0.05) is 11.2 Å². The summed E-state index contributed by atoms with van der Waals surface area (Å²) in [5.41, 5.74) is 1.78. The molecule has 6 nitrogen and oxygen atoms in total. The SMILES string of the molecule is CCOCCc1ccc(OCCCN2CCC(c3onc4cc(F)ccc34)CC2)c(OC)c1. The van der Waals surface area contributed by atoms with E-state index in [1.807, 2.05) is 19.1 Å². The molecule has 0 N–H and O–H groups in total. The van der Waals surface area contributed by atoms with E-state index in [2.05, 4.69) is 16.1 Å². The fraction of sp³-hybridized carbons (Fsp3) is 0.500. The van der Waals surface area contributed by atoms with Gasteiger partial charge < -0.3 is 23.6 Å². The molecule has 0 aliphatic carbocycles. The normalized spacial score (nSPS) is 15.2. The van der Waals surface area contributed by atoms with Gasteiger partial charge in [0.25, 0.3) is 0 Å². The highest BCUT2D eigenvalue weighted by Crippen LogP contribution is 2.33. The lowest BCUT2D eigenvalue weighted by Gasteiger charge is -2.30. The Kier molecular flexibility index (Phi) is 8.18. The molecule has 1 aliphatic rings.